The number of nitrogens with one attached hydrogen (secondary N) is 2. The van der Waals surface area contributed by atoms with Crippen molar-refractivity contribution in [3.63, 3.8) is 0 Å². The van der Waals surface area contributed by atoms with Gasteiger partial charge in [0.1, 0.15) is 11.9 Å². The Hall–Kier alpha value is -4.64. The smallest absolute Gasteiger partial charge is 0.270 e. The summed E-state index contributed by atoms with van der Waals surface area (Å²) in [5.74, 6) is 1.22. The second-order valence-corrected chi connectivity index (χ2v) is 12.0. The van der Waals surface area contributed by atoms with Gasteiger partial charge < -0.3 is 20.1 Å². The van der Waals surface area contributed by atoms with E-state index >= 15 is 0 Å². The van der Waals surface area contributed by atoms with Crippen molar-refractivity contribution in [3.8, 4) is 11.5 Å². The molecule has 0 radical (unpaired) electrons. The van der Waals surface area contributed by atoms with Gasteiger partial charge in [0.2, 0.25) is 18.6 Å². The molecule has 3 aliphatic rings. The van der Waals surface area contributed by atoms with Crippen LogP contribution >= 0.6 is 11.8 Å². The van der Waals surface area contributed by atoms with Gasteiger partial charge in [-0.2, -0.15) is 4.99 Å². The molecule has 2 N–H and O–H groups in total. The summed E-state index contributed by atoms with van der Waals surface area (Å²) in [5.41, 5.74) is 4.50. The summed E-state index contributed by atoms with van der Waals surface area (Å²) in [6, 6.07) is 20.4. The van der Waals surface area contributed by atoms with Crippen molar-refractivity contribution in [1.29, 1.82) is 0 Å². The van der Waals surface area contributed by atoms with E-state index < -0.39 is 11.3 Å². The quantitative estimate of drug-likeness (QED) is 0.344. The molecule has 10 nitrogen and oxygen atoms in total. The molecule has 226 valence electrons. The molecule has 44 heavy (non-hydrogen) atoms. The third-order valence-electron chi connectivity index (χ3n) is 7.68. The van der Waals surface area contributed by atoms with Crippen molar-refractivity contribution in [2.75, 3.05) is 6.79 Å². The Kier molecular flexibility index (Phi) is 8.65. The number of carbonyl (C=O) groups is 3. The molecule has 0 saturated heterocycles. The first-order valence-corrected chi connectivity index (χ1v) is 15.5. The van der Waals surface area contributed by atoms with Crippen LogP contribution < -0.4 is 20.1 Å². The number of benzene rings is 3. The van der Waals surface area contributed by atoms with Crippen LogP contribution in [0, 0.1) is 6.92 Å². The van der Waals surface area contributed by atoms with Crippen LogP contribution in [0.15, 0.2) is 76.7 Å². The maximum Gasteiger partial charge on any atom is 0.270 e. The van der Waals surface area contributed by atoms with E-state index in [-0.39, 0.29) is 37.4 Å². The molecule has 0 aromatic heterocycles. The molecule has 3 aromatic carbocycles. The van der Waals surface area contributed by atoms with Crippen molar-refractivity contribution in [2.24, 2.45) is 9.98 Å². The monoisotopic (exact) mass is 611 g/mol. The van der Waals surface area contributed by atoms with E-state index in [1.807, 2.05) is 80.6 Å². The van der Waals surface area contributed by atoms with E-state index in [1.165, 1.54) is 11.8 Å². The minimum absolute atomic E-state index is 0.108. The van der Waals surface area contributed by atoms with Gasteiger partial charge in [-0.1, -0.05) is 66.7 Å². The van der Waals surface area contributed by atoms with Crippen LogP contribution in [0.3, 0.4) is 0 Å². The third kappa shape index (κ3) is 6.33. The zero-order chi connectivity index (χ0) is 30.6. The van der Waals surface area contributed by atoms with Gasteiger partial charge >= 0.3 is 0 Å². The molecule has 11 heteroatoms. The fraction of sp³-hybridized carbons (Fsp3) is 0.303. The molecule has 0 spiro atoms. The molecule has 2 unspecified atom stereocenters. The number of rotatable bonds is 10. The number of fused-ring (bicyclic) bond motifs is 4. The minimum atomic E-state index is -0.700. The lowest BCUT2D eigenvalue weighted by molar-refractivity contribution is -0.123. The average molecular weight is 612 g/mol. The van der Waals surface area contributed by atoms with E-state index in [0.717, 1.165) is 22.3 Å². The molecule has 0 bridgehead atoms. The second kappa shape index (κ2) is 12.9. The minimum Gasteiger partial charge on any atom is -0.454 e. The Labute approximate surface area is 259 Å². The number of nitrogens with zero attached hydrogens (tertiary/aromatic N) is 3. The van der Waals surface area contributed by atoms with Gasteiger partial charge in [-0.3, -0.25) is 19.3 Å². The van der Waals surface area contributed by atoms with Crippen molar-refractivity contribution < 1.29 is 23.9 Å². The number of para-hydroxylation sites is 1. The summed E-state index contributed by atoms with van der Waals surface area (Å²) in [4.78, 5) is 50.4. The molecule has 3 aliphatic heterocycles. The number of aryl methyl sites for hydroxylation is 1. The Bertz CT molecular complexity index is 1650. The molecule has 3 aromatic rings. The lowest BCUT2D eigenvalue weighted by Gasteiger charge is -2.32. The molecule has 2 atom stereocenters. The highest BCUT2D eigenvalue weighted by Gasteiger charge is 2.42. The molecule has 3 heterocycles. The lowest BCUT2D eigenvalue weighted by Crippen LogP contribution is -2.45. The lowest BCUT2D eigenvalue weighted by atomic mass is 10.1. The number of aliphatic imine (C=N–C) groups is 2. The number of amidine groups is 2. The fourth-order valence-electron chi connectivity index (χ4n) is 5.22. The first kappa shape index (κ1) is 29.4. The van der Waals surface area contributed by atoms with Crippen molar-refractivity contribution in [2.45, 2.75) is 57.5 Å². The highest BCUT2D eigenvalue weighted by atomic mass is 32.2. The Balaban J connectivity index is 1.13. The number of thioether (sulfide) groups is 1. The van der Waals surface area contributed by atoms with Gasteiger partial charge in [0.15, 0.2) is 16.7 Å². The number of amides is 3. The van der Waals surface area contributed by atoms with Gasteiger partial charge in [-0.25, -0.2) is 4.99 Å². The first-order chi connectivity index (χ1) is 21.4. The van der Waals surface area contributed by atoms with E-state index in [2.05, 4.69) is 15.6 Å². The zero-order valence-corrected chi connectivity index (χ0v) is 25.4. The number of carbonyl (C=O) groups excluding carboxylic acids is 3. The van der Waals surface area contributed by atoms with Crippen LogP contribution in [0.5, 0.6) is 11.5 Å². The summed E-state index contributed by atoms with van der Waals surface area (Å²) < 4.78 is 10.8. The molecule has 0 fully saturated rings. The van der Waals surface area contributed by atoms with E-state index in [0.29, 0.717) is 47.7 Å². The van der Waals surface area contributed by atoms with E-state index in [1.54, 1.807) is 4.90 Å². The predicted molar refractivity (Wildman–Crippen MR) is 169 cm³/mol. The molecule has 0 aliphatic carbocycles. The number of hydrogen-bond donors (Lipinski definition) is 2. The zero-order valence-electron chi connectivity index (χ0n) is 24.5. The van der Waals surface area contributed by atoms with Crippen molar-refractivity contribution >= 4 is 46.2 Å². The normalized spacial score (nSPS) is 16.9. The summed E-state index contributed by atoms with van der Waals surface area (Å²) in [7, 11) is 0. The Morgan fingerprint density at radius 3 is 2.55 bits per heavy atom. The first-order valence-electron chi connectivity index (χ1n) is 14.6. The van der Waals surface area contributed by atoms with Crippen LogP contribution in [0.25, 0.3) is 0 Å². The molecular weight excluding hydrogens is 578 g/mol. The van der Waals surface area contributed by atoms with Crippen LogP contribution in [0.2, 0.25) is 0 Å². The summed E-state index contributed by atoms with van der Waals surface area (Å²) in [6.45, 7) is 4.91. The van der Waals surface area contributed by atoms with Crippen LogP contribution in [0.1, 0.15) is 48.4 Å². The van der Waals surface area contributed by atoms with Crippen molar-refractivity contribution in [1.82, 2.24) is 15.5 Å². The Morgan fingerprint density at radius 1 is 0.977 bits per heavy atom. The van der Waals surface area contributed by atoms with Gasteiger partial charge in [0, 0.05) is 25.1 Å². The van der Waals surface area contributed by atoms with Crippen LogP contribution in [0.4, 0.5) is 5.69 Å². The summed E-state index contributed by atoms with van der Waals surface area (Å²) in [6.07, 6.45) is 0.928. The topological polar surface area (TPSA) is 122 Å². The summed E-state index contributed by atoms with van der Waals surface area (Å²) in [5, 5.41) is 6.05. The molecule has 0 saturated carbocycles. The number of ether oxygens (including phenoxy) is 2. The van der Waals surface area contributed by atoms with Gasteiger partial charge in [0.05, 0.1) is 10.9 Å². The highest BCUT2D eigenvalue weighted by molar-refractivity contribution is 8.15. The van der Waals surface area contributed by atoms with Gasteiger partial charge in [-0.05, 0) is 55.2 Å². The highest BCUT2D eigenvalue weighted by Crippen LogP contribution is 2.37. The second-order valence-electron chi connectivity index (χ2n) is 10.8. The maximum atomic E-state index is 13.3. The van der Waals surface area contributed by atoms with Crippen molar-refractivity contribution in [3.05, 3.63) is 89.0 Å². The van der Waals surface area contributed by atoms with Crippen LogP contribution in [-0.2, 0) is 27.5 Å². The van der Waals surface area contributed by atoms with Crippen LogP contribution in [-0.4, -0.2) is 51.7 Å². The standard InChI is InChI=1S/C33H33N5O5S/c1-3-28(32(41)35-17-21-10-8-20(2)9-11-21)44-33-36-24-7-5-4-6-23(24)30-37-31(40)25(38(30)33)13-15-29(39)34-18-22-12-14-26-27(16-22)43-19-42-26/h4-12,14,16,25,28H,3,13,15,17-19H2,1-2H3,(H,34,39)(H,35,41). The van der Waals surface area contributed by atoms with E-state index in [4.69, 9.17) is 14.5 Å². The van der Waals surface area contributed by atoms with E-state index in [9.17, 15) is 14.4 Å². The van der Waals surface area contributed by atoms with Gasteiger partial charge in [0.25, 0.3) is 5.91 Å². The molecule has 6 rings (SSSR count). The average Bonchev–Trinajstić information content (AvgIpc) is 3.64. The SMILES string of the molecule is CCC(SC1=Nc2ccccc2C2=NC(=O)C(CCC(=O)NCc3ccc4c(c3)OCO4)N12)C(=O)NCc1ccc(C)cc1. The molecule has 3 amide bonds. The number of hydrogen-bond acceptors (Lipinski definition) is 8. The predicted octanol–water partition coefficient (Wildman–Crippen LogP) is 4.61. The third-order valence-corrected chi connectivity index (χ3v) is 9.01. The molecular formula is C33H33N5O5S. The summed E-state index contributed by atoms with van der Waals surface area (Å²) >= 11 is 1.32. The van der Waals surface area contributed by atoms with Gasteiger partial charge in [-0.15, -0.1) is 0 Å². The largest absolute Gasteiger partial charge is 0.454 e. The maximum absolute atomic E-state index is 13.3. The fourth-order valence-corrected chi connectivity index (χ4v) is 6.31. The Morgan fingerprint density at radius 2 is 1.73 bits per heavy atom.